The minimum absolute atomic E-state index is 0.236. The van der Waals surface area contributed by atoms with Crippen molar-refractivity contribution in [2.45, 2.75) is 11.2 Å². The summed E-state index contributed by atoms with van der Waals surface area (Å²) in [6.07, 6.45) is 0.874. The average molecular weight is 526 g/mol. The Balaban J connectivity index is 2.23. The van der Waals surface area contributed by atoms with Crippen molar-refractivity contribution in [3.63, 3.8) is 0 Å². The third-order valence-electron chi connectivity index (χ3n) is 3.16. The summed E-state index contributed by atoms with van der Waals surface area (Å²) in [4.78, 5) is 0.236. The van der Waals surface area contributed by atoms with Gasteiger partial charge < -0.3 is 9.47 Å². The van der Waals surface area contributed by atoms with Crippen LogP contribution in [0.3, 0.4) is 0 Å². The fourth-order valence-corrected chi connectivity index (χ4v) is 4.18. The van der Waals surface area contributed by atoms with E-state index < -0.39 is 0 Å². The highest BCUT2D eigenvalue weighted by atomic mass is 127. The third-order valence-corrected chi connectivity index (χ3v) is 5.37. The maximum absolute atomic E-state index is 5.36. The topological polar surface area (TPSA) is 18.5 Å². The maximum Gasteiger partial charge on any atom is 0.160 e. The van der Waals surface area contributed by atoms with E-state index in [2.05, 4.69) is 78.7 Å². The zero-order valence-corrected chi connectivity index (χ0v) is 17.0. The SMILES string of the molecule is COc1ccc(CC(Br)c2cc(I)ccc2Br)cc1OC. The summed E-state index contributed by atoms with van der Waals surface area (Å²) in [6, 6.07) is 12.4. The molecule has 0 heterocycles. The van der Waals surface area contributed by atoms with E-state index in [1.807, 2.05) is 12.1 Å². The standard InChI is InChI=1S/C16H15Br2IO2/c1-20-15-6-3-10(8-16(15)21-2)7-14(18)12-9-11(19)4-5-13(12)17/h3-6,8-9,14H,7H2,1-2H3. The molecule has 2 aromatic rings. The molecule has 5 heteroatoms. The molecule has 0 aromatic heterocycles. The summed E-state index contributed by atoms with van der Waals surface area (Å²) < 4.78 is 13.0. The number of ether oxygens (including phenoxy) is 2. The van der Waals surface area contributed by atoms with E-state index in [1.165, 1.54) is 14.7 Å². The number of hydrogen-bond acceptors (Lipinski definition) is 2. The Morgan fingerprint density at radius 2 is 1.76 bits per heavy atom. The van der Waals surface area contributed by atoms with E-state index in [0.29, 0.717) is 0 Å². The molecule has 1 unspecified atom stereocenters. The van der Waals surface area contributed by atoms with Crippen molar-refractivity contribution in [3.8, 4) is 11.5 Å². The third kappa shape index (κ3) is 4.36. The molecule has 0 amide bonds. The summed E-state index contributed by atoms with van der Waals surface area (Å²) >= 11 is 9.73. The Kier molecular flexibility index (Phi) is 6.37. The smallest absolute Gasteiger partial charge is 0.160 e. The summed E-state index contributed by atoms with van der Waals surface area (Å²) in [5, 5.41) is 0. The molecule has 21 heavy (non-hydrogen) atoms. The predicted octanol–water partition coefficient (Wildman–Crippen LogP) is 5.75. The van der Waals surface area contributed by atoms with Gasteiger partial charge in [-0.3, -0.25) is 0 Å². The lowest BCUT2D eigenvalue weighted by atomic mass is 10.0. The van der Waals surface area contributed by atoms with Crippen molar-refractivity contribution in [1.82, 2.24) is 0 Å². The summed E-state index contributed by atoms with van der Waals surface area (Å²) in [7, 11) is 3.30. The van der Waals surface area contributed by atoms with Gasteiger partial charge in [-0.2, -0.15) is 0 Å². The molecule has 1 atom stereocenters. The van der Waals surface area contributed by atoms with Gasteiger partial charge in [0.05, 0.1) is 14.2 Å². The van der Waals surface area contributed by atoms with Crippen molar-refractivity contribution in [1.29, 1.82) is 0 Å². The van der Waals surface area contributed by atoms with Gasteiger partial charge in [-0.25, -0.2) is 0 Å². The molecule has 0 radical (unpaired) electrons. The highest BCUT2D eigenvalue weighted by molar-refractivity contribution is 14.1. The molecule has 2 aromatic carbocycles. The van der Waals surface area contributed by atoms with E-state index in [4.69, 9.17) is 9.47 Å². The van der Waals surface area contributed by atoms with Gasteiger partial charge in [0, 0.05) is 12.9 Å². The molecule has 0 fully saturated rings. The lowest BCUT2D eigenvalue weighted by Gasteiger charge is -2.14. The number of rotatable bonds is 5. The molecule has 0 saturated heterocycles. The van der Waals surface area contributed by atoms with E-state index >= 15 is 0 Å². The fraction of sp³-hybridized carbons (Fsp3) is 0.250. The van der Waals surface area contributed by atoms with Gasteiger partial charge in [0.15, 0.2) is 11.5 Å². The minimum atomic E-state index is 0.236. The number of benzene rings is 2. The van der Waals surface area contributed by atoms with E-state index in [9.17, 15) is 0 Å². The zero-order chi connectivity index (χ0) is 15.4. The van der Waals surface area contributed by atoms with Gasteiger partial charge in [-0.1, -0.05) is 37.9 Å². The number of methoxy groups -OCH3 is 2. The molecule has 0 bridgehead atoms. The molecule has 0 N–H and O–H groups in total. The van der Waals surface area contributed by atoms with Crippen molar-refractivity contribution < 1.29 is 9.47 Å². The predicted molar refractivity (Wildman–Crippen MR) is 102 cm³/mol. The second-order valence-electron chi connectivity index (χ2n) is 4.53. The zero-order valence-electron chi connectivity index (χ0n) is 11.7. The van der Waals surface area contributed by atoms with Gasteiger partial charge in [0.2, 0.25) is 0 Å². The lowest BCUT2D eigenvalue weighted by molar-refractivity contribution is 0.354. The highest BCUT2D eigenvalue weighted by Gasteiger charge is 2.14. The normalized spacial score (nSPS) is 12.0. The Bertz CT molecular complexity index is 632. The summed E-state index contributed by atoms with van der Waals surface area (Å²) in [5.74, 6) is 1.51. The second kappa shape index (κ2) is 7.83. The first-order valence-electron chi connectivity index (χ1n) is 6.35. The Morgan fingerprint density at radius 1 is 1.05 bits per heavy atom. The van der Waals surface area contributed by atoms with Crippen LogP contribution in [0.25, 0.3) is 0 Å². The van der Waals surface area contributed by atoms with Crippen LogP contribution in [0.2, 0.25) is 0 Å². The van der Waals surface area contributed by atoms with Crippen LogP contribution in [0.15, 0.2) is 40.9 Å². The first-order chi connectivity index (χ1) is 10.0. The van der Waals surface area contributed by atoms with Crippen LogP contribution in [-0.2, 0) is 6.42 Å². The van der Waals surface area contributed by atoms with Crippen molar-refractivity contribution in [3.05, 3.63) is 55.6 Å². The quantitative estimate of drug-likeness (QED) is 0.365. The first-order valence-corrected chi connectivity index (χ1v) is 9.13. The fourth-order valence-electron chi connectivity index (χ4n) is 2.08. The molecule has 0 aliphatic rings. The van der Waals surface area contributed by atoms with Gasteiger partial charge in [0.25, 0.3) is 0 Å². The van der Waals surface area contributed by atoms with Gasteiger partial charge >= 0.3 is 0 Å². The van der Waals surface area contributed by atoms with Crippen LogP contribution in [0.5, 0.6) is 11.5 Å². The van der Waals surface area contributed by atoms with Crippen LogP contribution in [0.1, 0.15) is 16.0 Å². The van der Waals surface area contributed by atoms with Crippen molar-refractivity contribution in [2.75, 3.05) is 14.2 Å². The minimum Gasteiger partial charge on any atom is -0.493 e. The van der Waals surface area contributed by atoms with Crippen LogP contribution < -0.4 is 9.47 Å². The molecule has 0 aliphatic carbocycles. The highest BCUT2D eigenvalue weighted by Crippen LogP contribution is 2.35. The number of halogens is 3. The van der Waals surface area contributed by atoms with Crippen LogP contribution >= 0.6 is 54.5 Å². The van der Waals surface area contributed by atoms with Gasteiger partial charge in [-0.15, -0.1) is 0 Å². The maximum atomic E-state index is 5.36. The van der Waals surface area contributed by atoms with Crippen LogP contribution in [0, 0.1) is 3.57 Å². The monoisotopic (exact) mass is 524 g/mol. The number of hydrogen-bond donors (Lipinski definition) is 0. The first kappa shape index (κ1) is 17.1. The molecule has 2 rings (SSSR count). The molecular formula is C16H15Br2IO2. The summed E-state index contributed by atoms with van der Waals surface area (Å²) in [5.41, 5.74) is 2.44. The van der Waals surface area contributed by atoms with E-state index in [1.54, 1.807) is 14.2 Å². The van der Waals surface area contributed by atoms with Crippen molar-refractivity contribution >= 4 is 54.5 Å². The van der Waals surface area contributed by atoms with Crippen molar-refractivity contribution in [2.24, 2.45) is 0 Å². The molecular weight excluding hydrogens is 511 g/mol. The molecule has 0 saturated carbocycles. The van der Waals surface area contributed by atoms with Crippen LogP contribution in [0.4, 0.5) is 0 Å². The van der Waals surface area contributed by atoms with E-state index in [-0.39, 0.29) is 4.83 Å². The molecule has 112 valence electrons. The van der Waals surface area contributed by atoms with Gasteiger partial charge in [0.1, 0.15) is 0 Å². The molecule has 0 aliphatic heterocycles. The average Bonchev–Trinajstić information content (AvgIpc) is 2.49. The second-order valence-corrected chi connectivity index (χ2v) is 7.73. The Morgan fingerprint density at radius 3 is 2.43 bits per heavy atom. The largest absolute Gasteiger partial charge is 0.493 e. The Labute approximate surface area is 155 Å². The Hall–Kier alpha value is -0.270. The van der Waals surface area contributed by atoms with Gasteiger partial charge in [-0.05, 0) is 70.5 Å². The molecule has 0 spiro atoms. The van der Waals surface area contributed by atoms with E-state index in [0.717, 1.165) is 22.4 Å². The molecule has 2 nitrogen and oxygen atoms in total. The number of alkyl halides is 1. The van der Waals surface area contributed by atoms with Crippen LogP contribution in [-0.4, -0.2) is 14.2 Å². The lowest BCUT2D eigenvalue weighted by Crippen LogP contribution is -1.99. The summed E-state index contributed by atoms with van der Waals surface area (Å²) in [6.45, 7) is 0.